The van der Waals surface area contributed by atoms with E-state index in [0.717, 1.165) is 36.6 Å². The second kappa shape index (κ2) is 9.30. The van der Waals surface area contributed by atoms with Crippen LogP contribution < -0.4 is 10.2 Å². The number of nitrogens with one attached hydrogen (secondary N) is 1. The summed E-state index contributed by atoms with van der Waals surface area (Å²) in [5.41, 5.74) is 9.75. The molecule has 0 spiro atoms. The molecule has 0 saturated carbocycles. The van der Waals surface area contributed by atoms with E-state index in [2.05, 4.69) is 111 Å². The smallest absolute Gasteiger partial charge is 0.229 e. The monoisotopic (exact) mass is 448 g/mol. The van der Waals surface area contributed by atoms with E-state index >= 15 is 0 Å². The summed E-state index contributed by atoms with van der Waals surface area (Å²) in [7, 11) is 0. The van der Waals surface area contributed by atoms with Gasteiger partial charge in [-0.1, -0.05) is 78.4 Å². The van der Waals surface area contributed by atoms with Crippen molar-refractivity contribution in [1.82, 2.24) is 9.97 Å². The Labute approximate surface area is 202 Å². The predicted molar refractivity (Wildman–Crippen MR) is 141 cm³/mol. The number of aryl methyl sites for hydroxylation is 4. The highest BCUT2D eigenvalue weighted by atomic mass is 15.3. The van der Waals surface area contributed by atoms with E-state index in [4.69, 9.17) is 9.97 Å². The lowest BCUT2D eigenvalue weighted by Gasteiger charge is -2.30. The van der Waals surface area contributed by atoms with Gasteiger partial charge in [0.2, 0.25) is 5.95 Å². The molecule has 0 fully saturated rings. The summed E-state index contributed by atoms with van der Waals surface area (Å²) in [4.78, 5) is 12.4. The van der Waals surface area contributed by atoms with Crippen molar-refractivity contribution in [3.63, 3.8) is 0 Å². The first kappa shape index (κ1) is 22.1. The molecule has 1 N–H and O–H groups in total. The first-order valence-corrected chi connectivity index (χ1v) is 12.1. The van der Waals surface area contributed by atoms with Crippen LogP contribution in [0.3, 0.4) is 0 Å². The Morgan fingerprint density at radius 3 is 2.18 bits per heavy atom. The molecule has 0 radical (unpaired) electrons. The quantitative estimate of drug-likeness (QED) is 0.352. The third-order valence-electron chi connectivity index (χ3n) is 6.81. The van der Waals surface area contributed by atoms with E-state index in [9.17, 15) is 0 Å². The van der Waals surface area contributed by atoms with E-state index < -0.39 is 0 Å². The zero-order valence-corrected chi connectivity index (χ0v) is 20.5. The number of hydrogen-bond donors (Lipinski definition) is 1. The molecule has 4 nitrogen and oxygen atoms in total. The van der Waals surface area contributed by atoms with Gasteiger partial charge in [0, 0.05) is 23.5 Å². The number of rotatable bonds is 6. The van der Waals surface area contributed by atoms with Gasteiger partial charge in [0.05, 0.1) is 6.04 Å². The fraction of sp³-hybridized carbons (Fsp3) is 0.267. The molecular formula is C30H32N4. The Morgan fingerprint density at radius 1 is 0.853 bits per heavy atom. The summed E-state index contributed by atoms with van der Waals surface area (Å²) in [5, 5.41) is 3.54. The van der Waals surface area contributed by atoms with Crippen LogP contribution in [0.15, 0.2) is 72.8 Å². The Hall–Kier alpha value is -3.66. The van der Waals surface area contributed by atoms with Crippen molar-refractivity contribution < 1.29 is 0 Å². The van der Waals surface area contributed by atoms with E-state index in [0.29, 0.717) is 5.95 Å². The van der Waals surface area contributed by atoms with Crippen LogP contribution >= 0.6 is 0 Å². The molecule has 1 aliphatic rings. The van der Waals surface area contributed by atoms with Crippen LogP contribution in [-0.2, 0) is 12.8 Å². The van der Waals surface area contributed by atoms with Crippen molar-refractivity contribution in [2.24, 2.45) is 0 Å². The van der Waals surface area contributed by atoms with E-state index in [-0.39, 0.29) is 6.04 Å². The molecule has 0 saturated heterocycles. The Morgan fingerprint density at radius 2 is 1.50 bits per heavy atom. The van der Waals surface area contributed by atoms with Crippen molar-refractivity contribution in [3.05, 3.63) is 112 Å². The minimum Gasteiger partial charge on any atom is -0.348 e. The van der Waals surface area contributed by atoms with Gasteiger partial charge >= 0.3 is 0 Å². The van der Waals surface area contributed by atoms with Crippen LogP contribution in [0.25, 0.3) is 0 Å². The molecule has 172 valence electrons. The van der Waals surface area contributed by atoms with Crippen LogP contribution in [0, 0.1) is 27.7 Å². The molecule has 3 aromatic carbocycles. The van der Waals surface area contributed by atoms with Crippen molar-refractivity contribution in [2.45, 2.75) is 46.6 Å². The molecule has 34 heavy (non-hydrogen) atoms. The molecule has 1 aliphatic heterocycles. The summed E-state index contributed by atoms with van der Waals surface area (Å²) in [6.07, 6.45) is 1.91. The number of nitrogens with zero attached hydrogens (tertiary/aromatic N) is 3. The summed E-state index contributed by atoms with van der Waals surface area (Å²) in [6.45, 7) is 9.47. The van der Waals surface area contributed by atoms with E-state index in [1.807, 2.05) is 0 Å². The third-order valence-corrected chi connectivity index (χ3v) is 6.81. The van der Waals surface area contributed by atoms with Crippen molar-refractivity contribution in [3.8, 4) is 0 Å². The number of anilines is 3. The van der Waals surface area contributed by atoms with Gasteiger partial charge in [-0.3, -0.25) is 0 Å². The number of benzene rings is 3. The molecule has 4 aromatic rings. The van der Waals surface area contributed by atoms with Crippen LogP contribution in [0.1, 0.15) is 45.1 Å². The van der Waals surface area contributed by atoms with Crippen LogP contribution in [-0.4, -0.2) is 16.5 Å². The lowest BCUT2D eigenvalue weighted by Crippen LogP contribution is -2.29. The summed E-state index contributed by atoms with van der Waals surface area (Å²) in [6, 6.07) is 26.2. The maximum Gasteiger partial charge on any atom is 0.229 e. The molecule has 5 rings (SSSR count). The second-order valence-corrected chi connectivity index (χ2v) is 9.39. The molecule has 0 bridgehead atoms. The van der Waals surface area contributed by atoms with E-state index in [1.165, 1.54) is 33.4 Å². The lowest BCUT2D eigenvalue weighted by molar-refractivity contribution is 0.631. The average molecular weight is 449 g/mol. The molecule has 1 aromatic heterocycles. The van der Waals surface area contributed by atoms with Crippen molar-refractivity contribution in [2.75, 3.05) is 16.8 Å². The van der Waals surface area contributed by atoms with Gasteiger partial charge in [-0.05, 0) is 62.8 Å². The zero-order valence-electron chi connectivity index (χ0n) is 20.5. The van der Waals surface area contributed by atoms with Gasteiger partial charge < -0.3 is 10.2 Å². The highest BCUT2D eigenvalue weighted by Gasteiger charge is 2.31. The summed E-state index contributed by atoms with van der Waals surface area (Å²) < 4.78 is 0. The van der Waals surface area contributed by atoms with Gasteiger partial charge in [0.1, 0.15) is 5.82 Å². The van der Waals surface area contributed by atoms with Crippen LogP contribution in [0.5, 0.6) is 0 Å². The molecule has 0 aliphatic carbocycles. The number of fused-ring (bicyclic) bond motifs is 1. The van der Waals surface area contributed by atoms with Crippen LogP contribution in [0.4, 0.5) is 17.5 Å². The van der Waals surface area contributed by atoms with Crippen molar-refractivity contribution >= 4 is 17.5 Å². The first-order chi connectivity index (χ1) is 16.5. The highest BCUT2D eigenvalue weighted by molar-refractivity contribution is 5.66. The SMILES string of the molecule is Cc1cc(C)c(Nc2nc(C)c3c(n2)N(C(Cc2ccccc2)c2ccccc2)CC3)c(C)c1. The third kappa shape index (κ3) is 4.41. The average Bonchev–Trinajstić information content (AvgIpc) is 3.25. The standard InChI is InChI=1S/C30H32N4/c1-20-17-21(2)28(22(3)18-20)32-30-31-23(4)26-15-16-34(29(26)33-30)27(25-13-9-6-10-14-25)19-24-11-7-5-8-12-24/h5-14,17-18,27H,15-16,19H2,1-4H3,(H,31,32,33). The highest BCUT2D eigenvalue weighted by Crippen LogP contribution is 2.38. The lowest BCUT2D eigenvalue weighted by atomic mass is 9.97. The normalized spacial score (nSPS) is 13.6. The van der Waals surface area contributed by atoms with Crippen LogP contribution in [0.2, 0.25) is 0 Å². The Balaban J connectivity index is 1.53. The maximum absolute atomic E-state index is 5.09. The van der Waals surface area contributed by atoms with Gasteiger partial charge in [0.15, 0.2) is 0 Å². The predicted octanol–water partition coefficient (Wildman–Crippen LogP) is 6.80. The topological polar surface area (TPSA) is 41.1 Å². The fourth-order valence-corrected chi connectivity index (χ4v) is 5.22. The first-order valence-electron chi connectivity index (χ1n) is 12.1. The Kier molecular flexibility index (Phi) is 6.06. The minimum atomic E-state index is 0.217. The largest absolute Gasteiger partial charge is 0.348 e. The molecule has 1 atom stereocenters. The molecule has 4 heteroatoms. The summed E-state index contributed by atoms with van der Waals surface area (Å²) in [5.74, 6) is 1.73. The zero-order chi connectivity index (χ0) is 23.7. The van der Waals surface area contributed by atoms with E-state index in [1.54, 1.807) is 0 Å². The number of aromatic nitrogens is 2. The number of hydrogen-bond acceptors (Lipinski definition) is 4. The molecule has 1 unspecified atom stereocenters. The molecular weight excluding hydrogens is 416 g/mol. The van der Waals surface area contributed by atoms with Crippen molar-refractivity contribution in [1.29, 1.82) is 0 Å². The fourth-order valence-electron chi connectivity index (χ4n) is 5.22. The summed E-state index contributed by atoms with van der Waals surface area (Å²) >= 11 is 0. The van der Waals surface area contributed by atoms with Gasteiger partial charge in [-0.15, -0.1) is 0 Å². The second-order valence-electron chi connectivity index (χ2n) is 9.39. The Bertz CT molecular complexity index is 1280. The van der Waals surface area contributed by atoms with Gasteiger partial charge in [0.25, 0.3) is 0 Å². The maximum atomic E-state index is 5.09. The molecule has 0 amide bonds. The molecule has 2 heterocycles. The van der Waals surface area contributed by atoms with Gasteiger partial charge in [-0.25, -0.2) is 4.98 Å². The van der Waals surface area contributed by atoms with Gasteiger partial charge in [-0.2, -0.15) is 4.98 Å². The minimum absolute atomic E-state index is 0.217.